The first-order chi connectivity index (χ1) is 9.93. The van der Waals surface area contributed by atoms with Crippen LogP contribution in [0.5, 0.6) is 11.5 Å². The summed E-state index contributed by atoms with van der Waals surface area (Å²) in [7, 11) is 0. The molecule has 0 aliphatic carbocycles. The highest BCUT2D eigenvalue weighted by molar-refractivity contribution is 6.32. The van der Waals surface area contributed by atoms with Crippen LogP contribution in [0.15, 0.2) is 30.3 Å². The third kappa shape index (κ3) is 3.49. The second kappa shape index (κ2) is 6.65. The molecule has 5 heteroatoms. The van der Waals surface area contributed by atoms with E-state index in [-0.39, 0.29) is 10.8 Å². The number of hydrogen-bond donors (Lipinski definition) is 1. The Labute approximate surface area is 133 Å². The Kier molecular flexibility index (Phi) is 5.09. The van der Waals surface area contributed by atoms with E-state index in [0.29, 0.717) is 22.8 Å². The van der Waals surface area contributed by atoms with Crippen LogP contribution in [0.25, 0.3) is 0 Å². The molecule has 0 aliphatic rings. The highest BCUT2D eigenvalue weighted by atomic mass is 35.5. The van der Waals surface area contributed by atoms with Crippen LogP contribution in [-0.2, 0) is 0 Å². The van der Waals surface area contributed by atoms with Gasteiger partial charge in [-0.15, -0.1) is 0 Å². The first-order valence-electron chi connectivity index (χ1n) is 6.61. The number of halogens is 3. The molecule has 0 radical (unpaired) electrons. The number of benzene rings is 2. The molecule has 0 saturated heterocycles. The molecule has 2 aromatic rings. The molecule has 2 rings (SSSR count). The lowest BCUT2D eigenvalue weighted by Gasteiger charge is -2.15. The van der Waals surface area contributed by atoms with Gasteiger partial charge in [0.05, 0.1) is 5.02 Å². The van der Waals surface area contributed by atoms with Crippen molar-refractivity contribution in [1.82, 2.24) is 0 Å². The topological polar surface area (TPSA) is 35.2 Å². The van der Waals surface area contributed by atoms with Gasteiger partial charge in [0, 0.05) is 16.6 Å². The Balaban J connectivity index is 2.41. The van der Waals surface area contributed by atoms with Crippen molar-refractivity contribution in [3.63, 3.8) is 0 Å². The molecule has 2 N–H and O–H groups in total. The van der Waals surface area contributed by atoms with Gasteiger partial charge in [-0.3, -0.25) is 0 Å². The molecule has 112 valence electrons. The van der Waals surface area contributed by atoms with Crippen molar-refractivity contribution in [1.29, 1.82) is 0 Å². The zero-order valence-corrected chi connectivity index (χ0v) is 13.3. The Morgan fingerprint density at radius 2 is 1.90 bits per heavy atom. The predicted octanol–water partition coefficient (Wildman–Crippen LogP) is 5.64. The van der Waals surface area contributed by atoms with Crippen molar-refractivity contribution in [2.75, 3.05) is 0 Å². The summed E-state index contributed by atoms with van der Waals surface area (Å²) in [6.07, 6.45) is 0.619. The third-order valence-electron chi connectivity index (χ3n) is 3.28. The Morgan fingerprint density at radius 1 is 1.19 bits per heavy atom. The highest BCUT2D eigenvalue weighted by Gasteiger charge is 2.18. The monoisotopic (exact) mass is 327 g/mol. The molecule has 0 spiro atoms. The van der Waals surface area contributed by atoms with Gasteiger partial charge < -0.3 is 10.5 Å². The van der Waals surface area contributed by atoms with E-state index in [9.17, 15) is 4.39 Å². The lowest BCUT2D eigenvalue weighted by Crippen LogP contribution is -2.11. The van der Waals surface area contributed by atoms with E-state index < -0.39 is 11.9 Å². The Hall–Kier alpha value is -1.29. The molecule has 2 nitrogen and oxygen atoms in total. The summed E-state index contributed by atoms with van der Waals surface area (Å²) in [5.74, 6) is -0.139. The third-order valence-corrected chi connectivity index (χ3v) is 3.99. The molecule has 0 bridgehead atoms. The molecular weight excluding hydrogens is 312 g/mol. The number of rotatable bonds is 4. The normalized spacial score (nSPS) is 12.3. The van der Waals surface area contributed by atoms with E-state index >= 15 is 0 Å². The minimum Gasteiger partial charge on any atom is -0.453 e. The van der Waals surface area contributed by atoms with Crippen molar-refractivity contribution in [3.8, 4) is 11.5 Å². The molecule has 0 aromatic heterocycles. The fraction of sp³-hybridized carbons (Fsp3) is 0.250. The zero-order chi connectivity index (χ0) is 15.6. The summed E-state index contributed by atoms with van der Waals surface area (Å²) in [6.45, 7) is 3.76. The molecule has 0 unspecified atom stereocenters. The van der Waals surface area contributed by atoms with Crippen molar-refractivity contribution in [3.05, 3.63) is 57.3 Å². The van der Waals surface area contributed by atoms with Gasteiger partial charge >= 0.3 is 0 Å². The van der Waals surface area contributed by atoms with Gasteiger partial charge in [-0.1, -0.05) is 42.3 Å². The lowest BCUT2D eigenvalue weighted by atomic mass is 10.0. The minimum absolute atomic E-state index is 0.0296. The maximum atomic E-state index is 14.5. The van der Waals surface area contributed by atoms with E-state index in [0.717, 1.165) is 5.56 Å². The van der Waals surface area contributed by atoms with Gasteiger partial charge in [0.2, 0.25) is 0 Å². The molecular formula is C16H16Cl2FNO. The molecule has 2 aromatic carbocycles. The number of aryl methyl sites for hydroxylation is 1. The summed E-state index contributed by atoms with van der Waals surface area (Å²) in [5.41, 5.74) is 7.19. The van der Waals surface area contributed by atoms with Gasteiger partial charge in [0.15, 0.2) is 11.6 Å². The standard InChI is InChI=1S/C16H16Cl2FNO/c1-3-14(20)11-6-7-12(17)16(15(11)19)21-10-5-4-9(2)13(18)8-10/h4-8,14H,3,20H2,1-2H3/t14-/m1/s1. The number of ether oxygens (including phenoxy) is 1. The van der Waals surface area contributed by atoms with Gasteiger partial charge in [-0.25, -0.2) is 4.39 Å². The summed E-state index contributed by atoms with van der Waals surface area (Å²) in [4.78, 5) is 0. The van der Waals surface area contributed by atoms with Crippen LogP contribution in [0.2, 0.25) is 10.0 Å². The quantitative estimate of drug-likeness (QED) is 0.788. The molecule has 0 aliphatic heterocycles. The van der Waals surface area contributed by atoms with E-state index in [4.69, 9.17) is 33.7 Å². The van der Waals surface area contributed by atoms with Crippen LogP contribution >= 0.6 is 23.2 Å². The largest absolute Gasteiger partial charge is 0.453 e. The first kappa shape index (κ1) is 16.1. The molecule has 21 heavy (non-hydrogen) atoms. The van der Waals surface area contributed by atoms with Gasteiger partial charge in [0.25, 0.3) is 0 Å². The van der Waals surface area contributed by atoms with E-state index in [2.05, 4.69) is 0 Å². The van der Waals surface area contributed by atoms with Crippen molar-refractivity contribution < 1.29 is 9.13 Å². The summed E-state index contributed by atoms with van der Waals surface area (Å²) in [6, 6.07) is 7.90. The van der Waals surface area contributed by atoms with E-state index in [1.165, 1.54) is 0 Å². The van der Waals surface area contributed by atoms with E-state index in [1.54, 1.807) is 30.3 Å². The average Bonchev–Trinajstić information content (AvgIpc) is 2.46. The Bertz CT molecular complexity index is 661. The molecule has 1 atom stereocenters. The van der Waals surface area contributed by atoms with Crippen molar-refractivity contribution >= 4 is 23.2 Å². The maximum absolute atomic E-state index is 14.5. The highest BCUT2D eigenvalue weighted by Crippen LogP contribution is 2.36. The van der Waals surface area contributed by atoms with Crippen molar-refractivity contribution in [2.45, 2.75) is 26.3 Å². The second-order valence-electron chi connectivity index (χ2n) is 4.81. The molecule has 0 heterocycles. The van der Waals surface area contributed by atoms with Gasteiger partial charge in [0.1, 0.15) is 5.75 Å². The second-order valence-corrected chi connectivity index (χ2v) is 5.62. The average molecular weight is 328 g/mol. The number of hydrogen-bond acceptors (Lipinski definition) is 2. The molecule has 0 fully saturated rings. The smallest absolute Gasteiger partial charge is 0.181 e. The summed E-state index contributed by atoms with van der Waals surface area (Å²) >= 11 is 12.1. The maximum Gasteiger partial charge on any atom is 0.181 e. The van der Waals surface area contributed by atoms with Crippen molar-refractivity contribution in [2.24, 2.45) is 5.73 Å². The minimum atomic E-state index is -0.534. The van der Waals surface area contributed by atoms with E-state index in [1.807, 2.05) is 13.8 Å². The van der Waals surface area contributed by atoms with Gasteiger partial charge in [-0.2, -0.15) is 0 Å². The predicted molar refractivity (Wildman–Crippen MR) is 84.9 cm³/mol. The number of nitrogens with two attached hydrogens (primary N) is 1. The molecule has 0 saturated carbocycles. The van der Waals surface area contributed by atoms with Gasteiger partial charge in [-0.05, 0) is 37.1 Å². The van der Waals surface area contributed by atoms with Crippen LogP contribution in [0.1, 0.15) is 30.5 Å². The van der Waals surface area contributed by atoms with Crippen LogP contribution in [0.3, 0.4) is 0 Å². The van der Waals surface area contributed by atoms with Crippen LogP contribution in [-0.4, -0.2) is 0 Å². The fourth-order valence-electron chi connectivity index (χ4n) is 1.90. The van der Waals surface area contributed by atoms with Crippen LogP contribution < -0.4 is 10.5 Å². The fourth-order valence-corrected chi connectivity index (χ4v) is 2.26. The first-order valence-corrected chi connectivity index (χ1v) is 7.37. The zero-order valence-electron chi connectivity index (χ0n) is 11.8. The summed E-state index contributed by atoms with van der Waals surface area (Å²) in [5, 5.41) is 0.738. The van der Waals surface area contributed by atoms with Crippen LogP contribution in [0.4, 0.5) is 4.39 Å². The molecule has 0 amide bonds. The Morgan fingerprint density at radius 3 is 2.52 bits per heavy atom. The lowest BCUT2D eigenvalue weighted by molar-refractivity contribution is 0.434. The summed E-state index contributed by atoms with van der Waals surface area (Å²) < 4.78 is 20.1. The van der Waals surface area contributed by atoms with Crippen LogP contribution in [0, 0.1) is 12.7 Å². The SMILES string of the molecule is CC[C@@H](N)c1ccc(Cl)c(Oc2ccc(C)c(Cl)c2)c1F.